The molecule has 0 spiro atoms. The highest BCUT2D eigenvalue weighted by atomic mass is 32.2. The molecule has 1 rings (SSSR count). The van der Waals surface area contributed by atoms with Crippen molar-refractivity contribution >= 4 is 10.1 Å². The molecule has 4 nitrogen and oxygen atoms in total. The van der Waals surface area contributed by atoms with Crippen molar-refractivity contribution in [2.24, 2.45) is 0 Å². The van der Waals surface area contributed by atoms with Gasteiger partial charge in [0.05, 0.1) is 17.6 Å². The highest BCUT2D eigenvalue weighted by Crippen LogP contribution is 2.15. The lowest BCUT2D eigenvalue weighted by Gasteiger charge is -2.13. The zero-order chi connectivity index (χ0) is 17.3. The predicted octanol–water partition coefficient (Wildman–Crippen LogP) is 4.02. The van der Waals surface area contributed by atoms with Crippen molar-refractivity contribution in [3.05, 3.63) is 54.1 Å². The summed E-state index contributed by atoms with van der Waals surface area (Å²) in [4.78, 5) is 0.180. The summed E-state index contributed by atoms with van der Waals surface area (Å²) in [5.74, 6) is 0. The van der Waals surface area contributed by atoms with E-state index in [4.69, 9.17) is 8.92 Å². The number of hydrogen-bond donors (Lipinski definition) is 0. The Hall–Kier alpha value is -1.43. The summed E-state index contributed by atoms with van der Waals surface area (Å²) < 4.78 is 34.5. The van der Waals surface area contributed by atoms with Gasteiger partial charge in [-0.3, -0.25) is 4.18 Å². The van der Waals surface area contributed by atoms with Crippen LogP contribution in [0.3, 0.4) is 0 Å². The van der Waals surface area contributed by atoms with Crippen LogP contribution in [0.15, 0.2) is 53.5 Å². The van der Waals surface area contributed by atoms with Crippen molar-refractivity contribution in [3.63, 3.8) is 0 Å². The second-order valence-electron chi connectivity index (χ2n) is 5.52. The van der Waals surface area contributed by atoms with Gasteiger partial charge in [-0.05, 0) is 45.2 Å². The molecule has 0 aliphatic rings. The third-order valence-corrected chi connectivity index (χ3v) is 4.88. The second kappa shape index (κ2) is 9.65. The number of aryl methyl sites for hydroxylation is 1. The van der Waals surface area contributed by atoms with Crippen molar-refractivity contribution in [1.82, 2.24) is 0 Å². The van der Waals surface area contributed by atoms with Crippen LogP contribution < -0.4 is 0 Å². The zero-order valence-corrected chi connectivity index (χ0v) is 14.9. The number of allylic oxidation sites excluding steroid dienone is 1. The number of rotatable bonds is 10. The monoisotopic (exact) mass is 338 g/mol. The lowest BCUT2D eigenvalue weighted by molar-refractivity contribution is 0.0980. The molecule has 0 radical (unpaired) electrons. The van der Waals surface area contributed by atoms with Gasteiger partial charge in [0.15, 0.2) is 0 Å². The molecule has 0 aromatic heterocycles. The quantitative estimate of drug-likeness (QED) is 0.478. The number of hydrogen-bond acceptors (Lipinski definition) is 4. The van der Waals surface area contributed by atoms with Crippen LogP contribution in [-0.2, 0) is 19.0 Å². The molecule has 0 aliphatic heterocycles. The van der Waals surface area contributed by atoms with Gasteiger partial charge in [-0.2, -0.15) is 8.42 Å². The molecule has 0 bridgehead atoms. The van der Waals surface area contributed by atoms with E-state index in [9.17, 15) is 8.42 Å². The molecule has 0 amide bonds. The van der Waals surface area contributed by atoms with Crippen molar-refractivity contribution in [2.75, 3.05) is 13.7 Å². The summed E-state index contributed by atoms with van der Waals surface area (Å²) in [7, 11) is -2.01. The van der Waals surface area contributed by atoms with Crippen LogP contribution in [0.25, 0.3) is 0 Å². The molecule has 5 heteroatoms. The molecule has 0 N–H and O–H groups in total. The first kappa shape index (κ1) is 19.6. The predicted molar refractivity (Wildman–Crippen MR) is 92.9 cm³/mol. The van der Waals surface area contributed by atoms with Crippen LogP contribution in [0.5, 0.6) is 0 Å². The molecule has 0 heterocycles. The van der Waals surface area contributed by atoms with Gasteiger partial charge < -0.3 is 4.74 Å². The van der Waals surface area contributed by atoms with Crippen molar-refractivity contribution < 1.29 is 17.3 Å². The van der Waals surface area contributed by atoms with Gasteiger partial charge in [-0.15, -0.1) is 6.58 Å². The smallest absolute Gasteiger partial charge is 0.297 e. The first-order valence-corrected chi connectivity index (χ1v) is 9.05. The van der Waals surface area contributed by atoms with E-state index in [0.29, 0.717) is 0 Å². The molecule has 1 aromatic carbocycles. The largest absolute Gasteiger partial charge is 0.381 e. The van der Waals surface area contributed by atoms with E-state index in [1.807, 2.05) is 19.9 Å². The summed E-state index contributed by atoms with van der Waals surface area (Å²) in [6.45, 7) is 7.61. The maximum absolute atomic E-state index is 12.0. The van der Waals surface area contributed by atoms with E-state index >= 15 is 0 Å². The van der Waals surface area contributed by atoms with Crippen molar-refractivity contribution in [1.29, 1.82) is 0 Å². The first-order chi connectivity index (χ1) is 10.9. The SMILES string of the molecule is C=CC[C@@H](CC/C(C)=C/COS(=O)(=O)c1ccc(C)cc1)OC. The number of benzene rings is 1. The molecule has 23 heavy (non-hydrogen) atoms. The molecule has 128 valence electrons. The van der Waals surface area contributed by atoms with Gasteiger partial charge in [0.1, 0.15) is 0 Å². The Balaban J connectivity index is 2.50. The second-order valence-corrected chi connectivity index (χ2v) is 7.14. The lowest BCUT2D eigenvalue weighted by atomic mass is 10.1. The van der Waals surface area contributed by atoms with Gasteiger partial charge in [0.25, 0.3) is 10.1 Å². The maximum atomic E-state index is 12.0. The van der Waals surface area contributed by atoms with Crippen LogP contribution in [0.1, 0.15) is 31.7 Å². The molecule has 0 aliphatic carbocycles. The van der Waals surface area contributed by atoms with Crippen LogP contribution in [0, 0.1) is 6.92 Å². The van der Waals surface area contributed by atoms with E-state index in [0.717, 1.165) is 30.4 Å². The van der Waals surface area contributed by atoms with Gasteiger partial charge >= 0.3 is 0 Å². The van der Waals surface area contributed by atoms with E-state index in [2.05, 4.69) is 6.58 Å². The Labute approximate surface area is 139 Å². The van der Waals surface area contributed by atoms with Crippen molar-refractivity contribution in [3.8, 4) is 0 Å². The van der Waals surface area contributed by atoms with Gasteiger partial charge in [0.2, 0.25) is 0 Å². The molecule has 1 aromatic rings. The van der Waals surface area contributed by atoms with E-state index in [1.165, 1.54) is 0 Å². The maximum Gasteiger partial charge on any atom is 0.297 e. The Kier molecular flexibility index (Phi) is 8.23. The van der Waals surface area contributed by atoms with E-state index in [1.54, 1.807) is 37.5 Å². The van der Waals surface area contributed by atoms with Gasteiger partial charge in [-0.25, -0.2) is 0 Å². The van der Waals surface area contributed by atoms with E-state index < -0.39 is 10.1 Å². The fourth-order valence-electron chi connectivity index (χ4n) is 2.05. The number of ether oxygens (including phenoxy) is 1. The topological polar surface area (TPSA) is 52.6 Å². The highest BCUT2D eigenvalue weighted by Gasteiger charge is 2.13. The minimum atomic E-state index is -3.70. The Morgan fingerprint density at radius 1 is 1.30 bits per heavy atom. The summed E-state index contributed by atoms with van der Waals surface area (Å²) in [5.41, 5.74) is 2.09. The molecule has 0 saturated heterocycles. The lowest BCUT2D eigenvalue weighted by Crippen LogP contribution is -2.09. The standard InChI is InChI=1S/C18H26O4S/c1-5-6-17(21-4)10-7-16(3)13-14-22-23(19,20)18-11-8-15(2)9-12-18/h5,8-9,11-13,17H,1,6-7,10,14H2,2-4H3/b16-13+/t17-/m0/s1. The summed E-state index contributed by atoms with van der Waals surface area (Å²) in [6.07, 6.45) is 6.29. The Bertz CT molecular complexity index is 615. The molecule has 1 atom stereocenters. The third-order valence-electron chi connectivity index (χ3n) is 3.59. The average Bonchev–Trinajstić information content (AvgIpc) is 2.51. The summed E-state index contributed by atoms with van der Waals surface area (Å²) in [5, 5.41) is 0. The van der Waals surface area contributed by atoms with Crippen molar-refractivity contribution in [2.45, 2.75) is 44.1 Å². The molecule has 0 unspecified atom stereocenters. The third kappa shape index (κ3) is 7.12. The Morgan fingerprint density at radius 2 is 1.96 bits per heavy atom. The first-order valence-electron chi connectivity index (χ1n) is 7.64. The van der Waals surface area contributed by atoms with E-state index in [-0.39, 0.29) is 17.6 Å². The van der Waals surface area contributed by atoms with Crippen LogP contribution in [-0.4, -0.2) is 28.2 Å². The molecule has 0 fully saturated rings. The summed E-state index contributed by atoms with van der Waals surface area (Å²) in [6, 6.07) is 6.61. The van der Waals surface area contributed by atoms with Crippen LogP contribution in [0.2, 0.25) is 0 Å². The van der Waals surface area contributed by atoms with Crippen LogP contribution in [0.4, 0.5) is 0 Å². The Morgan fingerprint density at radius 3 is 2.52 bits per heavy atom. The molecular weight excluding hydrogens is 312 g/mol. The van der Waals surface area contributed by atoms with Crippen LogP contribution >= 0.6 is 0 Å². The molecule has 0 saturated carbocycles. The van der Waals surface area contributed by atoms with Gasteiger partial charge in [-0.1, -0.05) is 35.4 Å². The highest BCUT2D eigenvalue weighted by molar-refractivity contribution is 7.86. The molecular formula is C18H26O4S. The minimum Gasteiger partial charge on any atom is -0.381 e. The number of methoxy groups -OCH3 is 1. The fourth-order valence-corrected chi connectivity index (χ4v) is 2.90. The zero-order valence-electron chi connectivity index (χ0n) is 14.1. The minimum absolute atomic E-state index is 0.0428. The summed E-state index contributed by atoms with van der Waals surface area (Å²) >= 11 is 0. The fraction of sp³-hybridized carbons (Fsp3) is 0.444. The normalized spacial score (nSPS) is 13.8. The van der Waals surface area contributed by atoms with Gasteiger partial charge in [0, 0.05) is 7.11 Å². The average molecular weight is 338 g/mol.